The van der Waals surface area contributed by atoms with Crippen molar-refractivity contribution < 1.29 is 9.53 Å². The van der Waals surface area contributed by atoms with Gasteiger partial charge in [-0.25, -0.2) is 9.78 Å². The largest absolute Gasteiger partial charge is 0.458 e. The molecular formula is C25H30N2O3S. The molecule has 2 heterocycles. The summed E-state index contributed by atoms with van der Waals surface area (Å²) in [6, 6.07) is 8.35. The van der Waals surface area contributed by atoms with Crippen molar-refractivity contribution in [3.8, 4) is 0 Å². The molecule has 5 nitrogen and oxygen atoms in total. The third-order valence-electron chi connectivity index (χ3n) is 6.10. The molecule has 164 valence electrons. The molecule has 0 radical (unpaired) electrons. The van der Waals surface area contributed by atoms with Gasteiger partial charge in [-0.3, -0.25) is 9.36 Å². The lowest BCUT2D eigenvalue weighted by molar-refractivity contribution is 0.0216. The van der Waals surface area contributed by atoms with Crippen LogP contribution in [0.4, 0.5) is 0 Å². The van der Waals surface area contributed by atoms with Gasteiger partial charge in [0, 0.05) is 0 Å². The number of carbonyl (C=O) groups is 1. The van der Waals surface area contributed by atoms with E-state index in [-0.39, 0.29) is 23.0 Å². The Kier molecular flexibility index (Phi) is 6.02. The summed E-state index contributed by atoms with van der Waals surface area (Å²) < 4.78 is 7.34. The van der Waals surface area contributed by atoms with Crippen molar-refractivity contribution in [3.63, 3.8) is 0 Å². The van der Waals surface area contributed by atoms with Gasteiger partial charge in [0.2, 0.25) is 0 Å². The molecule has 0 saturated heterocycles. The second kappa shape index (κ2) is 8.58. The zero-order chi connectivity index (χ0) is 22.2. The summed E-state index contributed by atoms with van der Waals surface area (Å²) in [7, 11) is 0. The summed E-state index contributed by atoms with van der Waals surface area (Å²) in [6.45, 7) is 8.81. The molecule has 0 aliphatic heterocycles. The van der Waals surface area contributed by atoms with Gasteiger partial charge >= 0.3 is 5.97 Å². The van der Waals surface area contributed by atoms with Crippen molar-refractivity contribution in [2.45, 2.75) is 77.9 Å². The van der Waals surface area contributed by atoms with E-state index in [1.807, 2.05) is 6.92 Å². The fraction of sp³-hybridized carbons (Fsp3) is 0.480. The highest BCUT2D eigenvalue weighted by molar-refractivity contribution is 7.20. The molecule has 3 aromatic rings. The molecule has 2 aromatic heterocycles. The Labute approximate surface area is 187 Å². The molecule has 4 rings (SSSR count). The SMILES string of the molecule is Cc1c(C(=O)OC2CCCCC2)sc2ncn(Cc3ccc(C(C)(C)C)cc3)c(=O)c12. The highest BCUT2D eigenvalue weighted by Crippen LogP contribution is 2.29. The average molecular weight is 439 g/mol. The highest BCUT2D eigenvalue weighted by atomic mass is 32.1. The third kappa shape index (κ3) is 4.59. The van der Waals surface area contributed by atoms with E-state index in [0.29, 0.717) is 27.2 Å². The van der Waals surface area contributed by atoms with Gasteiger partial charge in [-0.15, -0.1) is 11.3 Å². The lowest BCUT2D eigenvalue weighted by atomic mass is 9.87. The molecule has 0 N–H and O–H groups in total. The van der Waals surface area contributed by atoms with Crippen LogP contribution in [-0.4, -0.2) is 21.6 Å². The van der Waals surface area contributed by atoms with Crippen molar-refractivity contribution in [2.75, 3.05) is 0 Å². The van der Waals surface area contributed by atoms with Gasteiger partial charge in [-0.1, -0.05) is 51.5 Å². The summed E-state index contributed by atoms with van der Waals surface area (Å²) in [4.78, 5) is 31.5. The second-order valence-electron chi connectivity index (χ2n) is 9.53. The van der Waals surface area contributed by atoms with E-state index in [1.54, 1.807) is 10.9 Å². The Balaban J connectivity index is 1.59. The number of aromatic nitrogens is 2. The van der Waals surface area contributed by atoms with Gasteiger partial charge in [0.1, 0.15) is 15.8 Å². The molecule has 0 atom stereocenters. The van der Waals surface area contributed by atoms with Crippen molar-refractivity contribution in [1.29, 1.82) is 0 Å². The molecule has 1 aliphatic rings. The fourth-order valence-electron chi connectivity index (χ4n) is 4.16. The lowest BCUT2D eigenvalue weighted by Crippen LogP contribution is -2.22. The average Bonchev–Trinajstić information content (AvgIpc) is 3.08. The fourth-order valence-corrected chi connectivity index (χ4v) is 5.18. The third-order valence-corrected chi connectivity index (χ3v) is 7.28. The Morgan fingerprint density at radius 1 is 1.16 bits per heavy atom. The molecule has 31 heavy (non-hydrogen) atoms. The monoisotopic (exact) mass is 438 g/mol. The molecule has 0 unspecified atom stereocenters. The van der Waals surface area contributed by atoms with Crippen LogP contribution in [0.25, 0.3) is 10.2 Å². The maximum Gasteiger partial charge on any atom is 0.348 e. The molecule has 1 aromatic carbocycles. The van der Waals surface area contributed by atoms with Gasteiger partial charge in [0.15, 0.2) is 0 Å². The van der Waals surface area contributed by atoms with Gasteiger partial charge in [-0.05, 0) is 54.7 Å². The molecule has 0 spiro atoms. The smallest absolute Gasteiger partial charge is 0.348 e. The topological polar surface area (TPSA) is 61.2 Å². The van der Waals surface area contributed by atoms with E-state index >= 15 is 0 Å². The number of esters is 1. The summed E-state index contributed by atoms with van der Waals surface area (Å²) in [6.07, 6.45) is 6.83. The van der Waals surface area contributed by atoms with Gasteiger partial charge in [0.05, 0.1) is 18.3 Å². The van der Waals surface area contributed by atoms with E-state index < -0.39 is 0 Å². The first-order chi connectivity index (χ1) is 14.7. The first-order valence-corrected chi connectivity index (χ1v) is 11.8. The number of benzene rings is 1. The van der Waals surface area contributed by atoms with Crippen LogP contribution < -0.4 is 5.56 Å². The number of nitrogens with zero attached hydrogens (tertiary/aromatic N) is 2. The van der Waals surface area contributed by atoms with Crippen LogP contribution in [0.5, 0.6) is 0 Å². The van der Waals surface area contributed by atoms with Gasteiger partial charge < -0.3 is 4.74 Å². The minimum absolute atomic E-state index is 0.00782. The first-order valence-electron chi connectivity index (χ1n) is 11.0. The molecular weight excluding hydrogens is 408 g/mol. The predicted octanol–water partition coefficient (Wildman–Crippen LogP) is 5.60. The number of carbonyl (C=O) groups excluding carboxylic acids is 1. The summed E-state index contributed by atoms with van der Waals surface area (Å²) in [5, 5.41) is 0.523. The van der Waals surface area contributed by atoms with E-state index in [2.05, 4.69) is 50.0 Å². The van der Waals surface area contributed by atoms with Crippen LogP contribution in [0.1, 0.15) is 79.2 Å². The van der Waals surface area contributed by atoms with Crippen molar-refractivity contribution in [1.82, 2.24) is 9.55 Å². The summed E-state index contributed by atoms with van der Waals surface area (Å²) in [5.41, 5.74) is 2.95. The Morgan fingerprint density at radius 2 is 1.84 bits per heavy atom. The Bertz CT molecular complexity index is 1150. The number of thiophene rings is 1. The number of hydrogen-bond acceptors (Lipinski definition) is 5. The maximum absolute atomic E-state index is 13.2. The van der Waals surface area contributed by atoms with E-state index in [0.717, 1.165) is 31.2 Å². The van der Waals surface area contributed by atoms with Crippen LogP contribution in [0.3, 0.4) is 0 Å². The Hall–Kier alpha value is -2.47. The van der Waals surface area contributed by atoms with Crippen LogP contribution >= 0.6 is 11.3 Å². The van der Waals surface area contributed by atoms with E-state index in [1.165, 1.54) is 23.3 Å². The zero-order valence-electron chi connectivity index (χ0n) is 18.7. The van der Waals surface area contributed by atoms with Crippen molar-refractivity contribution >= 4 is 27.5 Å². The van der Waals surface area contributed by atoms with E-state index in [4.69, 9.17) is 4.74 Å². The standard InChI is InChI=1S/C25H30N2O3S/c1-16-20-22(31-21(16)24(29)30-19-8-6-5-7-9-19)26-15-27(23(20)28)14-17-10-12-18(13-11-17)25(2,3)4/h10-13,15,19H,5-9,14H2,1-4H3. The summed E-state index contributed by atoms with van der Waals surface area (Å²) in [5.74, 6) is -0.323. The first kappa shape index (κ1) is 21.8. The minimum atomic E-state index is -0.323. The van der Waals surface area contributed by atoms with Crippen LogP contribution in [0, 0.1) is 6.92 Å². The quantitative estimate of drug-likeness (QED) is 0.497. The van der Waals surface area contributed by atoms with Gasteiger partial charge in [-0.2, -0.15) is 0 Å². The summed E-state index contributed by atoms with van der Waals surface area (Å²) >= 11 is 1.26. The normalized spacial score (nSPS) is 15.4. The molecule has 1 saturated carbocycles. The molecule has 0 amide bonds. The van der Waals surface area contributed by atoms with Crippen LogP contribution in [0.15, 0.2) is 35.4 Å². The molecule has 6 heteroatoms. The zero-order valence-corrected chi connectivity index (χ0v) is 19.6. The second-order valence-corrected chi connectivity index (χ2v) is 10.5. The number of aryl methyl sites for hydroxylation is 1. The van der Waals surface area contributed by atoms with Gasteiger partial charge in [0.25, 0.3) is 5.56 Å². The molecule has 1 fully saturated rings. The van der Waals surface area contributed by atoms with Crippen LogP contribution in [0.2, 0.25) is 0 Å². The van der Waals surface area contributed by atoms with Crippen molar-refractivity contribution in [2.24, 2.45) is 0 Å². The lowest BCUT2D eigenvalue weighted by Gasteiger charge is -2.21. The number of ether oxygens (including phenoxy) is 1. The van der Waals surface area contributed by atoms with E-state index in [9.17, 15) is 9.59 Å². The number of fused-ring (bicyclic) bond motifs is 1. The minimum Gasteiger partial charge on any atom is -0.458 e. The highest BCUT2D eigenvalue weighted by Gasteiger charge is 2.24. The number of rotatable bonds is 4. The number of hydrogen-bond donors (Lipinski definition) is 0. The Morgan fingerprint density at radius 3 is 2.48 bits per heavy atom. The molecule has 0 bridgehead atoms. The maximum atomic E-state index is 13.2. The predicted molar refractivity (Wildman–Crippen MR) is 125 cm³/mol. The van der Waals surface area contributed by atoms with Crippen LogP contribution in [-0.2, 0) is 16.7 Å². The van der Waals surface area contributed by atoms with Crippen molar-refractivity contribution in [3.05, 3.63) is 62.5 Å². The molecule has 1 aliphatic carbocycles.